The predicted octanol–water partition coefficient (Wildman–Crippen LogP) is 3.83. The number of fused-ring (bicyclic) bond motifs is 1. The molecular formula is C21H21ClN2O4. The number of anilines is 1. The Hall–Kier alpha value is -2.73. The number of rotatable bonds is 4. The van der Waals surface area contributed by atoms with Gasteiger partial charge in [-0.15, -0.1) is 0 Å². The van der Waals surface area contributed by atoms with Crippen molar-refractivity contribution in [2.75, 3.05) is 25.7 Å². The first-order valence-electron chi connectivity index (χ1n) is 9.16. The summed E-state index contributed by atoms with van der Waals surface area (Å²) in [4.78, 5) is 20.4. The minimum atomic E-state index is -0.660. The van der Waals surface area contributed by atoms with Gasteiger partial charge in [0, 0.05) is 30.3 Å². The SMILES string of the molecule is COc1cc(OC)c(C2=NO[C@H](C(=O)N3CCCc4ccccc43)C2)cc1Cl. The van der Waals surface area contributed by atoms with E-state index in [0.29, 0.717) is 40.8 Å². The van der Waals surface area contributed by atoms with Crippen LogP contribution in [0.2, 0.25) is 5.02 Å². The number of aryl methyl sites for hydroxylation is 1. The summed E-state index contributed by atoms with van der Waals surface area (Å²) in [6.07, 6.45) is 1.61. The Bertz CT molecular complexity index is 944. The quantitative estimate of drug-likeness (QED) is 0.782. The maximum absolute atomic E-state index is 13.1. The Morgan fingerprint density at radius 3 is 2.79 bits per heavy atom. The van der Waals surface area contributed by atoms with Crippen LogP contribution < -0.4 is 14.4 Å². The Labute approximate surface area is 168 Å². The fourth-order valence-corrected chi connectivity index (χ4v) is 3.93. The molecule has 4 rings (SSSR count). The van der Waals surface area contributed by atoms with Crippen molar-refractivity contribution >= 4 is 28.9 Å². The Morgan fingerprint density at radius 2 is 2.00 bits per heavy atom. The highest BCUT2D eigenvalue weighted by molar-refractivity contribution is 6.32. The van der Waals surface area contributed by atoms with Crippen molar-refractivity contribution in [3.8, 4) is 11.5 Å². The van der Waals surface area contributed by atoms with Crippen molar-refractivity contribution < 1.29 is 19.1 Å². The van der Waals surface area contributed by atoms with Crippen LogP contribution in [0.5, 0.6) is 11.5 Å². The lowest BCUT2D eigenvalue weighted by Gasteiger charge is -2.30. The van der Waals surface area contributed by atoms with Gasteiger partial charge in [0.25, 0.3) is 5.91 Å². The number of methoxy groups -OCH3 is 2. The molecule has 0 saturated carbocycles. The minimum Gasteiger partial charge on any atom is -0.496 e. The van der Waals surface area contributed by atoms with Crippen LogP contribution in [0.1, 0.15) is 24.0 Å². The summed E-state index contributed by atoms with van der Waals surface area (Å²) in [6, 6.07) is 11.4. The zero-order valence-corrected chi connectivity index (χ0v) is 16.5. The van der Waals surface area contributed by atoms with Gasteiger partial charge in [-0.25, -0.2) is 0 Å². The second-order valence-corrected chi connectivity index (χ2v) is 7.15. The van der Waals surface area contributed by atoms with E-state index < -0.39 is 6.10 Å². The van der Waals surface area contributed by atoms with Crippen LogP contribution in [0, 0.1) is 0 Å². The van der Waals surface area contributed by atoms with Gasteiger partial charge in [0.05, 0.1) is 25.0 Å². The highest BCUT2D eigenvalue weighted by Gasteiger charge is 2.35. The number of benzene rings is 2. The number of carbonyl (C=O) groups is 1. The number of oxime groups is 1. The summed E-state index contributed by atoms with van der Waals surface area (Å²) < 4.78 is 10.7. The third kappa shape index (κ3) is 3.29. The Kier molecular flexibility index (Phi) is 5.13. The smallest absolute Gasteiger partial charge is 0.271 e. The molecule has 2 aromatic carbocycles. The molecule has 6 nitrogen and oxygen atoms in total. The molecule has 0 fully saturated rings. The molecule has 2 heterocycles. The molecule has 0 bridgehead atoms. The molecule has 0 N–H and O–H groups in total. The second-order valence-electron chi connectivity index (χ2n) is 6.75. The van der Waals surface area contributed by atoms with Crippen molar-refractivity contribution in [1.82, 2.24) is 0 Å². The van der Waals surface area contributed by atoms with Gasteiger partial charge in [-0.05, 0) is 30.5 Å². The van der Waals surface area contributed by atoms with Crippen molar-refractivity contribution in [3.05, 3.63) is 52.5 Å². The van der Waals surface area contributed by atoms with E-state index in [4.69, 9.17) is 25.9 Å². The molecule has 2 aromatic rings. The Morgan fingerprint density at radius 1 is 1.21 bits per heavy atom. The van der Waals surface area contributed by atoms with Crippen LogP contribution in [-0.2, 0) is 16.1 Å². The topological polar surface area (TPSA) is 60.4 Å². The number of amides is 1. The third-order valence-electron chi connectivity index (χ3n) is 5.11. The number of nitrogens with zero attached hydrogens (tertiary/aromatic N) is 2. The molecule has 2 aliphatic rings. The van der Waals surface area contributed by atoms with E-state index in [1.165, 1.54) is 5.56 Å². The van der Waals surface area contributed by atoms with Crippen LogP contribution >= 0.6 is 11.6 Å². The van der Waals surface area contributed by atoms with Crippen molar-refractivity contribution in [2.24, 2.45) is 5.16 Å². The summed E-state index contributed by atoms with van der Waals surface area (Å²) in [7, 11) is 3.11. The van der Waals surface area contributed by atoms with Gasteiger partial charge in [-0.3, -0.25) is 4.79 Å². The van der Waals surface area contributed by atoms with Crippen LogP contribution in [0.25, 0.3) is 0 Å². The zero-order valence-electron chi connectivity index (χ0n) is 15.8. The number of hydrogen-bond donors (Lipinski definition) is 0. The maximum atomic E-state index is 13.1. The molecule has 0 unspecified atom stereocenters. The van der Waals surface area contributed by atoms with Crippen molar-refractivity contribution in [1.29, 1.82) is 0 Å². The lowest BCUT2D eigenvalue weighted by Crippen LogP contribution is -2.42. The van der Waals surface area contributed by atoms with Crippen LogP contribution in [0.3, 0.4) is 0 Å². The monoisotopic (exact) mass is 400 g/mol. The number of halogens is 1. The van der Waals surface area contributed by atoms with Crippen molar-refractivity contribution in [3.63, 3.8) is 0 Å². The largest absolute Gasteiger partial charge is 0.496 e. The first-order valence-corrected chi connectivity index (χ1v) is 9.54. The summed E-state index contributed by atoms with van der Waals surface area (Å²) >= 11 is 6.26. The molecule has 0 aliphatic carbocycles. The number of ether oxygens (including phenoxy) is 2. The molecule has 7 heteroatoms. The van der Waals surface area contributed by atoms with Gasteiger partial charge >= 0.3 is 0 Å². The Balaban J connectivity index is 1.55. The molecule has 1 amide bonds. The summed E-state index contributed by atoms with van der Waals surface area (Å²) in [5, 5.41) is 4.60. The highest BCUT2D eigenvalue weighted by Crippen LogP contribution is 2.35. The van der Waals surface area contributed by atoms with Gasteiger partial charge in [-0.2, -0.15) is 0 Å². The lowest BCUT2D eigenvalue weighted by atomic mass is 9.99. The van der Waals surface area contributed by atoms with Gasteiger partial charge in [0.15, 0.2) is 0 Å². The van der Waals surface area contributed by atoms with Gasteiger partial charge in [0.2, 0.25) is 6.10 Å². The second kappa shape index (κ2) is 7.72. The number of para-hydroxylation sites is 1. The van der Waals surface area contributed by atoms with E-state index in [1.807, 2.05) is 18.2 Å². The van der Waals surface area contributed by atoms with E-state index in [9.17, 15) is 4.79 Å². The van der Waals surface area contributed by atoms with Crippen LogP contribution in [-0.4, -0.2) is 38.5 Å². The standard InChI is InChI=1S/C21H21ClN2O4/c1-26-18-12-19(27-2)15(22)10-14(18)16-11-20(28-23-16)21(25)24-9-5-7-13-6-3-4-8-17(13)24/h3-4,6,8,10,12,20H,5,7,9,11H2,1-2H3/t20-/m0/s1. The fourth-order valence-electron chi connectivity index (χ4n) is 3.69. The number of hydrogen-bond acceptors (Lipinski definition) is 5. The molecule has 0 saturated heterocycles. The molecule has 0 spiro atoms. The molecule has 28 heavy (non-hydrogen) atoms. The fraction of sp³-hybridized carbons (Fsp3) is 0.333. The maximum Gasteiger partial charge on any atom is 0.271 e. The van der Waals surface area contributed by atoms with E-state index in [1.54, 1.807) is 31.3 Å². The van der Waals surface area contributed by atoms with E-state index in [2.05, 4.69) is 11.2 Å². The highest BCUT2D eigenvalue weighted by atomic mass is 35.5. The van der Waals surface area contributed by atoms with Crippen LogP contribution in [0.15, 0.2) is 41.6 Å². The minimum absolute atomic E-state index is 0.0792. The molecule has 1 atom stereocenters. The van der Waals surface area contributed by atoms with E-state index in [-0.39, 0.29) is 5.91 Å². The van der Waals surface area contributed by atoms with Gasteiger partial charge in [0.1, 0.15) is 11.5 Å². The molecular weight excluding hydrogens is 380 g/mol. The van der Waals surface area contributed by atoms with Crippen molar-refractivity contribution in [2.45, 2.75) is 25.4 Å². The normalized spacial score (nSPS) is 18.2. The lowest BCUT2D eigenvalue weighted by molar-refractivity contribution is -0.128. The van der Waals surface area contributed by atoms with E-state index >= 15 is 0 Å². The first kappa shape index (κ1) is 18.6. The average Bonchev–Trinajstić information content (AvgIpc) is 3.22. The van der Waals surface area contributed by atoms with Crippen LogP contribution in [0.4, 0.5) is 5.69 Å². The number of carbonyl (C=O) groups excluding carboxylic acids is 1. The summed E-state index contributed by atoms with van der Waals surface area (Å²) in [6.45, 7) is 0.683. The summed E-state index contributed by atoms with van der Waals surface area (Å²) in [5.74, 6) is 1.00. The zero-order chi connectivity index (χ0) is 19.7. The molecule has 0 radical (unpaired) electrons. The van der Waals surface area contributed by atoms with Gasteiger partial charge < -0.3 is 19.2 Å². The van der Waals surface area contributed by atoms with E-state index in [0.717, 1.165) is 18.5 Å². The molecule has 146 valence electrons. The third-order valence-corrected chi connectivity index (χ3v) is 5.40. The predicted molar refractivity (Wildman–Crippen MR) is 108 cm³/mol. The first-order chi connectivity index (χ1) is 13.6. The molecule has 2 aliphatic heterocycles. The average molecular weight is 401 g/mol. The van der Waals surface area contributed by atoms with Gasteiger partial charge in [-0.1, -0.05) is 35.0 Å². The molecule has 0 aromatic heterocycles. The summed E-state index contributed by atoms with van der Waals surface area (Å²) in [5.41, 5.74) is 3.47.